The van der Waals surface area contributed by atoms with Crippen LogP contribution in [0.15, 0.2) is 40.5 Å². The van der Waals surface area contributed by atoms with Crippen molar-refractivity contribution in [3.63, 3.8) is 0 Å². The number of benzene rings is 1. The molecule has 0 fully saturated rings. The molecule has 2 heterocycles. The van der Waals surface area contributed by atoms with Crippen LogP contribution in [0, 0.1) is 0 Å². The first kappa shape index (κ1) is 27.3. The highest BCUT2D eigenvalue weighted by Gasteiger charge is 2.47. The zero-order chi connectivity index (χ0) is 25.9. The number of nitrogens with two attached hydrogens (primary N) is 1. The van der Waals surface area contributed by atoms with E-state index in [2.05, 4.69) is 15.0 Å². The first-order chi connectivity index (χ1) is 16.3. The molecule has 1 aromatic carbocycles. The molecular formula is C20H22F6N5O2PS. The Labute approximate surface area is 203 Å². The average molecular weight is 541 g/mol. The molecule has 0 saturated carbocycles. The molecule has 3 aromatic rings. The highest BCUT2D eigenvalue weighted by molar-refractivity contribution is 7.99. The molecule has 7 nitrogen and oxygen atoms in total. The molecule has 1 atom stereocenters. The summed E-state index contributed by atoms with van der Waals surface area (Å²) in [6.45, 7) is 1.84. The number of ether oxygens (including phenoxy) is 2. The smallest absolute Gasteiger partial charge is 0.392 e. The third kappa shape index (κ3) is 8.11. The summed E-state index contributed by atoms with van der Waals surface area (Å²) in [6.07, 6.45) is -11.9. The van der Waals surface area contributed by atoms with Gasteiger partial charge in [0.15, 0.2) is 5.65 Å². The van der Waals surface area contributed by atoms with Gasteiger partial charge >= 0.3 is 12.4 Å². The summed E-state index contributed by atoms with van der Waals surface area (Å²) in [6, 6.07) is 7.23. The van der Waals surface area contributed by atoms with Gasteiger partial charge in [-0.1, -0.05) is 11.8 Å². The van der Waals surface area contributed by atoms with Crippen LogP contribution in [-0.4, -0.2) is 50.4 Å². The van der Waals surface area contributed by atoms with E-state index in [9.17, 15) is 26.3 Å². The molecule has 0 saturated heterocycles. The molecule has 35 heavy (non-hydrogen) atoms. The lowest BCUT2D eigenvalue weighted by Gasteiger charge is -2.31. The van der Waals surface area contributed by atoms with Crippen LogP contribution in [0.4, 0.5) is 32.3 Å². The molecule has 192 valence electrons. The van der Waals surface area contributed by atoms with Crippen LogP contribution in [-0.2, 0) is 11.3 Å². The Bertz CT molecular complexity index is 1120. The number of nitrogen functional groups attached to an aromatic ring is 1. The predicted octanol–water partition coefficient (Wildman–Crippen LogP) is 5.45. The third-order valence-electron chi connectivity index (χ3n) is 4.52. The number of hydrogen-bond acceptors (Lipinski definition) is 7. The normalized spacial score (nSPS) is 12.9. The maximum atomic E-state index is 12.8. The minimum Gasteiger partial charge on any atom is -0.494 e. The number of rotatable bonds is 10. The maximum Gasteiger partial charge on any atom is 0.392 e. The molecule has 3 rings (SSSR count). The Morgan fingerprint density at radius 2 is 1.66 bits per heavy atom. The van der Waals surface area contributed by atoms with E-state index in [1.54, 1.807) is 21.4 Å². The fourth-order valence-corrected chi connectivity index (χ4v) is 4.70. The van der Waals surface area contributed by atoms with Crippen LogP contribution >= 0.6 is 21.0 Å². The Morgan fingerprint density at radius 1 is 1.03 bits per heavy atom. The Kier molecular flexibility index (Phi) is 8.38. The van der Waals surface area contributed by atoms with E-state index < -0.39 is 37.1 Å². The third-order valence-corrected chi connectivity index (χ3v) is 6.08. The number of nitrogens with zero attached hydrogens (tertiary/aromatic N) is 4. The van der Waals surface area contributed by atoms with Crippen LogP contribution < -0.4 is 10.5 Å². The number of alkyl halides is 6. The number of aromatic nitrogens is 4. The van der Waals surface area contributed by atoms with Crippen LogP contribution in [0.3, 0.4) is 0 Å². The first-order valence-corrected chi connectivity index (χ1v) is 11.6. The lowest BCUT2D eigenvalue weighted by molar-refractivity contribution is -0.205. The van der Waals surface area contributed by atoms with Gasteiger partial charge < -0.3 is 19.8 Å². The summed E-state index contributed by atoms with van der Waals surface area (Å²) < 4.78 is 89.0. The summed E-state index contributed by atoms with van der Waals surface area (Å²) in [4.78, 5) is 13.4. The molecule has 0 aliphatic rings. The molecule has 2 aromatic heterocycles. The zero-order valence-electron chi connectivity index (χ0n) is 18.4. The predicted molar refractivity (Wildman–Crippen MR) is 121 cm³/mol. The molecule has 1 unspecified atom stereocenters. The summed E-state index contributed by atoms with van der Waals surface area (Å²) in [5.74, 6) is 0.637. The van der Waals surface area contributed by atoms with Crippen molar-refractivity contribution in [2.45, 2.75) is 53.9 Å². The average Bonchev–Trinajstić information content (AvgIpc) is 3.09. The summed E-state index contributed by atoms with van der Waals surface area (Å²) in [5.41, 5.74) is 6.47. The van der Waals surface area contributed by atoms with Crippen molar-refractivity contribution in [3.05, 3.63) is 30.6 Å². The molecular weight excluding hydrogens is 519 g/mol. The second-order valence-electron chi connectivity index (χ2n) is 7.50. The molecule has 2 N–H and O–H groups in total. The van der Waals surface area contributed by atoms with Gasteiger partial charge in [-0.25, -0.2) is 9.97 Å². The monoisotopic (exact) mass is 541 g/mol. The van der Waals surface area contributed by atoms with Crippen molar-refractivity contribution < 1.29 is 35.8 Å². The molecule has 0 aliphatic heterocycles. The van der Waals surface area contributed by atoms with Gasteiger partial charge in [-0.05, 0) is 31.2 Å². The molecule has 0 aliphatic carbocycles. The summed E-state index contributed by atoms with van der Waals surface area (Å²) >= 11 is 1.27. The Balaban J connectivity index is 1.76. The van der Waals surface area contributed by atoms with Gasteiger partial charge in [0.1, 0.15) is 16.3 Å². The number of anilines is 1. The maximum absolute atomic E-state index is 12.8. The van der Waals surface area contributed by atoms with Gasteiger partial charge in [-0.2, -0.15) is 31.3 Å². The number of hydrogen-bond donors (Lipinski definition) is 1. The zero-order valence-corrected chi connectivity index (χ0v) is 20.3. The standard InChI is InChI=1S/C20H22F6N5O2PS/c1-2-32-12-3-5-13(6-4-12)35-16-14-15(29-17(27)30-16)31(11-28-14)7-8-33-18(34,9-19(21,22)23)10-20(24,25)26/h3-6,11H,2,7-10,34H2,1H3,(H2,27,29,30). The molecule has 0 amide bonds. The van der Waals surface area contributed by atoms with E-state index in [1.165, 1.54) is 22.7 Å². The highest BCUT2D eigenvalue weighted by atomic mass is 32.2. The van der Waals surface area contributed by atoms with Gasteiger partial charge in [0.25, 0.3) is 0 Å². The van der Waals surface area contributed by atoms with Gasteiger partial charge in [0.05, 0.1) is 37.7 Å². The van der Waals surface area contributed by atoms with Crippen molar-refractivity contribution in [2.24, 2.45) is 0 Å². The molecule has 15 heteroatoms. The van der Waals surface area contributed by atoms with Crippen molar-refractivity contribution in [1.29, 1.82) is 0 Å². The van der Waals surface area contributed by atoms with E-state index in [-0.39, 0.29) is 18.1 Å². The van der Waals surface area contributed by atoms with Crippen LogP contribution in [0.1, 0.15) is 19.8 Å². The van der Waals surface area contributed by atoms with E-state index in [0.29, 0.717) is 22.9 Å². The Morgan fingerprint density at radius 3 is 2.23 bits per heavy atom. The van der Waals surface area contributed by atoms with Crippen molar-refractivity contribution >= 4 is 38.1 Å². The largest absolute Gasteiger partial charge is 0.494 e. The molecule has 0 spiro atoms. The topological polar surface area (TPSA) is 88.1 Å². The summed E-state index contributed by atoms with van der Waals surface area (Å²) in [5, 5.41) is -2.11. The quantitative estimate of drug-likeness (QED) is 0.207. The fraction of sp³-hybridized carbons (Fsp3) is 0.450. The number of halogens is 6. The highest BCUT2D eigenvalue weighted by Crippen LogP contribution is 2.42. The number of fused-ring (bicyclic) bond motifs is 1. The lowest BCUT2D eigenvalue weighted by Crippen LogP contribution is -2.37. The van der Waals surface area contributed by atoms with Crippen molar-refractivity contribution in [1.82, 2.24) is 19.5 Å². The Hall–Kier alpha value is -2.31. The van der Waals surface area contributed by atoms with Crippen LogP contribution in [0.25, 0.3) is 11.2 Å². The van der Waals surface area contributed by atoms with Gasteiger partial charge in [-0.3, -0.25) is 0 Å². The first-order valence-electron chi connectivity index (χ1n) is 10.2. The van der Waals surface area contributed by atoms with Crippen LogP contribution in [0.5, 0.6) is 5.75 Å². The second-order valence-corrected chi connectivity index (χ2v) is 9.62. The number of imidazole rings is 1. The second kappa shape index (κ2) is 10.8. The van der Waals surface area contributed by atoms with Crippen molar-refractivity contribution in [2.75, 3.05) is 18.9 Å². The van der Waals surface area contributed by atoms with Gasteiger partial charge in [-0.15, -0.1) is 9.24 Å². The fourth-order valence-electron chi connectivity index (χ4n) is 3.24. The minimum absolute atomic E-state index is 0.0665. The van der Waals surface area contributed by atoms with Crippen molar-refractivity contribution in [3.8, 4) is 5.75 Å². The van der Waals surface area contributed by atoms with Crippen LogP contribution in [0.2, 0.25) is 0 Å². The molecule has 0 bridgehead atoms. The molecule has 0 radical (unpaired) electrons. The SMILES string of the molecule is CCOc1ccc(Sc2nc(N)nc3c2ncn3CCOC(P)(CC(F)(F)F)CC(F)(F)F)cc1. The van der Waals surface area contributed by atoms with E-state index >= 15 is 0 Å². The van der Waals surface area contributed by atoms with E-state index in [4.69, 9.17) is 15.2 Å². The minimum atomic E-state index is -4.84. The van der Waals surface area contributed by atoms with E-state index in [0.717, 1.165) is 4.90 Å². The van der Waals surface area contributed by atoms with Gasteiger partial charge in [0, 0.05) is 11.4 Å². The summed E-state index contributed by atoms with van der Waals surface area (Å²) in [7, 11) is 1.55. The lowest BCUT2D eigenvalue weighted by atomic mass is 10.1. The van der Waals surface area contributed by atoms with E-state index in [1.807, 2.05) is 19.1 Å². The van der Waals surface area contributed by atoms with Gasteiger partial charge in [0.2, 0.25) is 5.95 Å².